The number of aromatic nitrogens is 2. The van der Waals surface area contributed by atoms with E-state index in [1.54, 1.807) is 36.5 Å². The molecule has 3 heterocycles. The van der Waals surface area contributed by atoms with Crippen molar-refractivity contribution in [1.82, 2.24) is 25.5 Å². The fourth-order valence-electron chi connectivity index (χ4n) is 5.17. The minimum Gasteiger partial charge on any atom is -0.384 e. The van der Waals surface area contributed by atoms with Crippen molar-refractivity contribution in [2.24, 2.45) is 11.8 Å². The van der Waals surface area contributed by atoms with E-state index in [1.165, 1.54) is 18.6 Å². The molecule has 6 N–H and O–H groups in total. The largest absolute Gasteiger partial charge is 0.384 e. The summed E-state index contributed by atoms with van der Waals surface area (Å²) in [5.41, 5.74) is 7.81. The molecule has 1 aliphatic rings. The first kappa shape index (κ1) is 29.7. The van der Waals surface area contributed by atoms with E-state index in [4.69, 9.17) is 5.73 Å². The Balaban J connectivity index is 1.37. The van der Waals surface area contributed by atoms with Crippen molar-refractivity contribution < 1.29 is 14.0 Å². The van der Waals surface area contributed by atoms with Gasteiger partial charge in [0.25, 0.3) is 5.91 Å². The molecule has 1 saturated heterocycles. The number of benzene rings is 1. The van der Waals surface area contributed by atoms with Gasteiger partial charge in [0, 0.05) is 51.0 Å². The highest BCUT2D eigenvalue weighted by Gasteiger charge is 2.22. The van der Waals surface area contributed by atoms with Gasteiger partial charge in [-0.2, -0.15) is 0 Å². The lowest BCUT2D eigenvalue weighted by Crippen LogP contribution is -2.43. The van der Waals surface area contributed by atoms with Crippen LogP contribution in [0.4, 0.5) is 26.5 Å². The highest BCUT2D eigenvalue weighted by atomic mass is 19.1. The zero-order chi connectivity index (χ0) is 29.4. The number of halogens is 1. The van der Waals surface area contributed by atoms with E-state index >= 15 is 0 Å². The molecule has 0 spiro atoms. The maximum absolute atomic E-state index is 14.9. The van der Waals surface area contributed by atoms with E-state index in [1.807, 2.05) is 6.92 Å². The van der Waals surface area contributed by atoms with Gasteiger partial charge >= 0.3 is 6.03 Å². The average Bonchev–Trinajstić information content (AvgIpc) is 2.93. The van der Waals surface area contributed by atoms with Crippen molar-refractivity contribution in [2.45, 2.75) is 33.7 Å². The fraction of sp³-hybridized carbons (Fsp3) is 0.400. The maximum atomic E-state index is 14.9. The lowest BCUT2D eigenvalue weighted by Gasteiger charge is -2.34. The molecule has 3 aromatic rings. The molecule has 1 fully saturated rings. The average molecular weight is 563 g/mol. The molecule has 1 aliphatic heterocycles. The van der Waals surface area contributed by atoms with Crippen molar-refractivity contribution >= 4 is 29.3 Å². The summed E-state index contributed by atoms with van der Waals surface area (Å²) >= 11 is 0. The van der Waals surface area contributed by atoms with E-state index < -0.39 is 11.8 Å². The number of rotatable bonds is 10. The molecule has 218 valence electrons. The van der Waals surface area contributed by atoms with Gasteiger partial charge in [-0.25, -0.2) is 19.2 Å². The normalized spacial score (nSPS) is 17.1. The standard InChI is InChI=1S/C30H39FN8O2/c1-4-33-28-23(29(40)34-11-12-39-17-19(2)13-20(3)18-39)7-9-25(37-28)22-6-8-26(24(31)14-22)38-30(41)36-16-21-5-10-27(32)35-15-21/h5-10,14-15,19-20H,4,11-13,16-18H2,1-3H3,(H2,32,35)(H,33,37)(H,34,40)(H2,36,38,41). The quantitative estimate of drug-likeness (QED) is 0.248. The smallest absolute Gasteiger partial charge is 0.319 e. The number of urea groups is 1. The molecular weight excluding hydrogens is 523 g/mol. The summed E-state index contributed by atoms with van der Waals surface area (Å²) in [6.45, 7) is 10.7. The number of anilines is 3. The third kappa shape index (κ3) is 8.37. The summed E-state index contributed by atoms with van der Waals surface area (Å²) in [5, 5.41) is 11.3. The number of likely N-dealkylation sites (tertiary alicyclic amines) is 1. The predicted molar refractivity (Wildman–Crippen MR) is 160 cm³/mol. The topological polar surface area (TPSA) is 137 Å². The summed E-state index contributed by atoms with van der Waals surface area (Å²) in [7, 11) is 0. The van der Waals surface area contributed by atoms with Crippen LogP contribution in [-0.2, 0) is 6.54 Å². The summed E-state index contributed by atoms with van der Waals surface area (Å²) < 4.78 is 14.9. The molecular formula is C30H39FN8O2. The maximum Gasteiger partial charge on any atom is 0.319 e. The van der Waals surface area contributed by atoms with Crippen molar-refractivity contribution in [1.29, 1.82) is 0 Å². The van der Waals surface area contributed by atoms with Gasteiger partial charge < -0.3 is 31.9 Å². The van der Waals surface area contributed by atoms with Gasteiger partial charge in [0.2, 0.25) is 0 Å². The number of amides is 3. The van der Waals surface area contributed by atoms with Crippen LogP contribution >= 0.6 is 0 Å². The minimum atomic E-state index is -0.609. The van der Waals surface area contributed by atoms with E-state index in [0.29, 0.717) is 53.4 Å². The Morgan fingerprint density at radius 1 is 1.07 bits per heavy atom. The van der Waals surface area contributed by atoms with Crippen molar-refractivity contribution in [3.8, 4) is 11.3 Å². The summed E-state index contributed by atoms with van der Waals surface area (Å²) in [6, 6.07) is 10.7. The first-order valence-corrected chi connectivity index (χ1v) is 14.0. The third-order valence-electron chi connectivity index (χ3n) is 6.96. The Kier molecular flexibility index (Phi) is 10.1. The molecule has 2 unspecified atom stereocenters. The predicted octanol–water partition coefficient (Wildman–Crippen LogP) is 4.33. The van der Waals surface area contributed by atoms with Crippen LogP contribution in [0.3, 0.4) is 0 Å². The van der Waals surface area contributed by atoms with Gasteiger partial charge in [-0.3, -0.25) is 4.79 Å². The Bertz CT molecular complexity index is 1340. The van der Waals surface area contributed by atoms with Gasteiger partial charge in [-0.1, -0.05) is 26.0 Å². The van der Waals surface area contributed by atoms with Crippen molar-refractivity contribution in [3.05, 3.63) is 65.6 Å². The molecule has 10 nitrogen and oxygen atoms in total. The first-order valence-electron chi connectivity index (χ1n) is 14.0. The van der Waals surface area contributed by atoms with Gasteiger partial charge in [0.15, 0.2) is 0 Å². The first-order chi connectivity index (χ1) is 19.7. The van der Waals surface area contributed by atoms with Crippen LogP contribution in [-0.4, -0.2) is 59.5 Å². The Labute approximate surface area is 240 Å². The molecule has 0 saturated carbocycles. The van der Waals surface area contributed by atoms with E-state index in [0.717, 1.165) is 25.2 Å². The number of carbonyl (C=O) groups excluding carboxylic acids is 2. The van der Waals surface area contributed by atoms with Crippen molar-refractivity contribution in [2.75, 3.05) is 49.1 Å². The molecule has 11 heteroatoms. The number of hydrogen-bond donors (Lipinski definition) is 5. The van der Waals surface area contributed by atoms with E-state index in [-0.39, 0.29) is 18.1 Å². The molecule has 3 amide bonds. The number of hydrogen-bond acceptors (Lipinski definition) is 7. The SMILES string of the molecule is CCNc1nc(-c2ccc(NC(=O)NCc3ccc(N)nc3)c(F)c2)ccc1C(=O)NCCN1CC(C)CC(C)C1. The van der Waals surface area contributed by atoms with Gasteiger partial charge in [-0.15, -0.1) is 0 Å². The molecule has 0 bridgehead atoms. The van der Waals surface area contributed by atoms with Crippen LogP contribution in [0.5, 0.6) is 0 Å². The molecule has 4 rings (SSSR count). The second-order valence-corrected chi connectivity index (χ2v) is 10.7. The molecule has 0 radical (unpaired) electrons. The summed E-state index contributed by atoms with van der Waals surface area (Å²) in [5.74, 6) is 1.33. The van der Waals surface area contributed by atoms with Gasteiger partial charge in [0.05, 0.1) is 16.9 Å². The Morgan fingerprint density at radius 2 is 1.85 bits per heavy atom. The highest BCUT2D eigenvalue weighted by Crippen LogP contribution is 2.26. The summed E-state index contributed by atoms with van der Waals surface area (Å²) in [6.07, 6.45) is 2.81. The lowest BCUT2D eigenvalue weighted by molar-refractivity contribution is 0.0937. The number of carbonyl (C=O) groups is 2. The van der Waals surface area contributed by atoms with Crippen LogP contribution in [0.25, 0.3) is 11.3 Å². The summed E-state index contributed by atoms with van der Waals surface area (Å²) in [4.78, 5) is 36.3. The van der Waals surface area contributed by atoms with Crippen molar-refractivity contribution in [3.63, 3.8) is 0 Å². The number of piperidine rings is 1. The lowest BCUT2D eigenvalue weighted by atomic mass is 9.92. The zero-order valence-corrected chi connectivity index (χ0v) is 23.8. The number of nitrogens with two attached hydrogens (primary N) is 1. The molecule has 0 aliphatic carbocycles. The van der Waals surface area contributed by atoms with E-state index in [2.05, 4.69) is 50.0 Å². The second-order valence-electron chi connectivity index (χ2n) is 10.7. The molecule has 2 atom stereocenters. The number of pyridine rings is 2. The molecule has 1 aromatic carbocycles. The van der Waals surface area contributed by atoms with Crippen LogP contribution in [0.15, 0.2) is 48.7 Å². The van der Waals surface area contributed by atoms with Crippen LogP contribution < -0.4 is 27.0 Å². The monoisotopic (exact) mass is 562 g/mol. The Morgan fingerprint density at radius 3 is 2.54 bits per heavy atom. The van der Waals surface area contributed by atoms with Gasteiger partial charge in [-0.05, 0) is 61.1 Å². The zero-order valence-electron chi connectivity index (χ0n) is 23.8. The number of nitrogens with zero attached hydrogens (tertiary/aromatic N) is 3. The third-order valence-corrected chi connectivity index (χ3v) is 6.96. The van der Waals surface area contributed by atoms with E-state index in [9.17, 15) is 14.0 Å². The second kappa shape index (κ2) is 13.9. The minimum absolute atomic E-state index is 0.0297. The van der Waals surface area contributed by atoms with Crippen LogP contribution in [0, 0.1) is 17.7 Å². The number of nitrogens with one attached hydrogen (secondary N) is 4. The van der Waals surface area contributed by atoms with Crippen LogP contribution in [0.1, 0.15) is 43.1 Å². The number of nitrogen functional groups attached to an aromatic ring is 1. The van der Waals surface area contributed by atoms with Crippen LogP contribution in [0.2, 0.25) is 0 Å². The fourth-order valence-corrected chi connectivity index (χ4v) is 5.17. The molecule has 41 heavy (non-hydrogen) atoms. The molecule has 2 aromatic heterocycles. The highest BCUT2D eigenvalue weighted by molar-refractivity contribution is 5.99. The Hall–Kier alpha value is -4.25. The van der Waals surface area contributed by atoms with Gasteiger partial charge in [0.1, 0.15) is 17.5 Å².